The summed E-state index contributed by atoms with van der Waals surface area (Å²) in [5.41, 5.74) is 0.785. The highest BCUT2D eigenvalue weighted by molar-refractivity contribution is 5.29. The molecule has 1 saturated heterocycles. The van der Waals surface area contributed by atoms with Crippen molar-refractivity contribution in [3.63, 3.8) is 0 Å². The molecule has 1 N–H and O–H groups in total. The predicted molar refractivity (Wildman–Crippen MR) is 55.8 cm³/mol. The molecule has 0 aliphatic carbocycles. The summed E-state index contributed by atoms with van der Waals surface area (Å²) < 4.78 is 26.0. The number of nitrogens with one attached hydrogen (secondary N) is 1. The van der Waals surface area contributed by atoms with Crippen LogP contribution in [0.2, 0.25) is 0 Å². The summed E-state index contributed by atoms with van der Waals surface area (Å²) in [4.78, 5) is 0. The van der Waals surface area contributed by atoms with Gasteiger partial charge in [0, 0.05) is 11.5 Å². The van der Waals surface area contributed by atoms with E-state index in [1.54, 1.807) is 6.07 Å². The van der Waals surface area contributed by atoms with E-state index in [2.05, 4.69) is 19.2 Å². The third kappa shape index (κ3) is 1.65. The van der Waals surface area contributed by atoms with Crippen LogP contribution in [-0.2, 0) is 5.41 Å². The van der Waals surface area contributed by atoms with Crippen molar-refractivity contribution in [1.82, 2.24) is 5.32 Å². The third-order valence-corrected chi connectivity index (χ3v) is 3.63. The molecule has 2 unspecified atom stereocenters. The molecule has 82 valence electrons. The summed E-state index contributed by atoms with van der Waals surface area (Å²) in [7, 11) is 0. The van der Waals surface area contributed by atoms with Crippen molar-refractivity contribution >= 4 is 0 Å². The summed E-state index contributed by atoms with van der Waals surface area (Å²) in [6.45, 7) is 5.09. The average molecular weight is 211 g/mol. The topological polar surface area (TPSA) is 12.0 Å². The normalized spacial score (nSPS) is 30.8. The standard InChI is InChI=1S/C12H15F2N/c1-8-12(2,5-6-15-8)9-3-4-10(13)11(14)7-9/h3-4,7-8,15H,5-6H2,1-2H3. The fourth-order valence-corrected chi connectivity index (χ4v) is 2.24. The van der Waals surface area contributed by atoms with Crippen LogP contribution >= 0.6 is 0 Å². The largest absolute Gasteiger partial charge is 0.313 e. The van der Waals surface area contributed by atoms with Gasteiger partial charge in [-0.05, 0) is 37.6 Å². The second-order valence-corrected chi connectivity index (χ2v) is 4.47. The van der Waals surface area contributed by atoms with Crippen LogP contribution in [0.3, 0.4) is 0 Å². The maximum atomic E-state index is 13.1. The molecule has 2 atom stereocenters. The summed E-state index contributed by atoms with van der Waals surface area (Å²) in [6.07, 6.45) is 0.958. The van der Waals surface area contributed by atoms with Gasteiger partial charge in [0.05, 0.1) is 0 Å². The van der Waals surface area contributed by atoms with Crippen molar-refractivity contribution in [2.75, 3.05) is 6.54 Å². The molecule has 1 heterocycles. The van der Waals surface area contributed by atoms with E-state index in [0.717, 1.165) is 18.5 Å². The highest BCUT2D eigenvalue weighted by atomic mass is 19.2. The first kappa shape index (κ1) is 10.6. The number of hydrogen-bond acceptors (Lipinski definition) is 1. The van der Waals surface area contributed by atoms with Crippen LogP contribution in [0.4, 0.5) is 8.78 Å². The zero-order chi connectivity index (χ0) is 11.1. The zero-order valence-corrected chi connectivity index (χ0v) is 8.98. The lowest BCUT2D eigenvalue weighted by Gasteiger charge is -2.29. The van der Waals surface area contributed by atoms with Crippen LogP contribution in [0.15, 0.2) is 18.2 Å². The molecule has 0 spiro atoms. The Morgan fingerprint density at radius 3 is 2.60 bits per heavy atom. The maximum Gasteiger partial charge on any atom is 0.159 e. The Labute approximate surface area is 88.5 Å². The van der Waals surface area contributed by atoms with Crippen molar-refractivity contribution in [3.8, 4) is 0 Å². The summed E-state index contributed by atoms with van der Waals surface area (Å²) >= 11 is 0. The van der Waals surface area contributed by atoms with Gasteiger partial charge in [0.2, 0.25) is 0 Å². The van der Waals surface area contributed by atoms with Crippen LogP contribution in [0.1, 0.15) is 25.8 Å². The smallest absolute Gasteiger partial charge is 0.159 e. The molecule has 15 heavy (non-hydrogen) atoms. The molecule has 1 fully saturated rings. The Kier molecular flexibility index (Phi) is 2.51. The van der Waals surface area contributed by atoms with E-state index in [0.29, 0.717) is 6.04 Å². The molecule has 0 bridgehead atoms. The Bertz CT molecular complexity index is 378. The fraction of sp³-hybridized carbons (Fsp3) is 0.500. The van der Waals surface area contributed by atoms with Gasteiger partial charge in [-0.15, -0.1) is 0 Å². The monoisotopic (exact) mass is 211 g/mol. The molecule has 0 saturated carbocycles. The summed E-state index contributed by atoms with van der Waals surface area (Å²) in [5, 5.41) is 3.33. The van der Waals surface area contributed by atoms with Gasteiger partial charge >= 0.3 is 0 Å². The molecule has 3 heteroatoms. The Hall–Kier alpha value is -0.960. The molecule has 1 aliphatic heterocycles. The molecule has 0 aromatic heterocycles. The van der Waals surface area contributed by atoms with Crippen LogP contribution in [-0.4, -0.2) is 12.6 Å². The van der Waals surface area contributed by atoms with Crippen LogP contribution in [0.25, 0.3) is 0 Å². The average Bonchev–Trinajstić information content (AvgIpc) is 2.53. The molecular formula is C12H15F2N. The van der Waals surface area contributed by atoms with E-state index in [1.807, 2.05) is 0 Å². The first-order valence-electron chi connectivity index (χ1n) is 5.23. The van der Waals surface area contributed by atoms with E-state index in [4.69, 9.17) is 0 Å². The molecule has 0 radical (unpaired) electrons. The van der Waals surface area contributed by atoms with Gasteiger partial charge in [0.1, 0.15) is 0 Å². The van der Waals surface area contributed by atoms with Crippen LogP contribution in [0.5, 0.6) is 0 Å². The third-order valence-electron chi connectivity index (χ3n) is 3.63. The first-order chi connectivity index (χ1) is 7.04. The quantitative estimate of drug-likeness (QED) is 0.753. The number of rotatable bonds is 1. The highest BCUT2D eigenvalue weighted by Gasteiger charge is 2.37. The minimum Gasteiger partial charge on any atom is -0.313 e. The van der Waals surface area contributed by atoms with Gasteiger partial charge in [-0.25, -0.2) is 8.78 Å². The second kappa shape index (κ2) is 3.56. The number of benzene rings is 1. The molecule has 2 rings (SSSR count). The van der Waals surface area contributed by atoms with E-state index < -0.39 is 11.6 Å². The lowest BCUT2D eigenvalue weighted by Crippen LogP contribution is -2.35. The number of hydrogen-bond donors (Lipinski definition) is 1. The molecule has 1 nitrogen and oxygen atoms in total. The minimum atomic E-state index is -0.777. The van der Waals surface area contributed by atoms with Gasteiger partial charge in [-0.3, -0.25) is 0 Å². The van der Waals surface area contributed by atoms with Gasteiger partial charge in [-0.2, -0.15) is 0 Å². The van der Waals surface area contributed by atoms with E-state index in [1.165, 1.54) is 12.1 Å². The van der Waals surface area contributed by atoms with Crippen molar-refractivity contribution in [1.29, 1.82) is 0 Å². The van der Waals surface area contributed by atoms with Gasteiger partial charge in [-0.1, -0.05) is 13.0 Å². The fourth-order valence-electron chi connectivity index (χ4n) is 2.24. The van der Waals surface area contributed by atoms with E-state index in [9.17, 15) is 8.78 Å². The van der Waals surface area contributed by atoms with E-state index in [-0.39, 0.29) is 5.41 Å². The van der Waals surface area contributed by atoms with Crippen molar-refractivity contribution in [2.45, 2.75) is 31.7 Å². The van der Waals surface area contributed by atoms with Gasteiger partial charge in [0.25, 0.3) is 0 Å². The number of halogens is 2. The Balaban J connectivity index is 2.40. The van der Waals surface area contributed by atoms with Crippen molar-refractivity contribution < 1.29 is 8.78 Å². The van der Waals surface area contributed by atoms with Crippen LogP contribution < -0.4 is 5.32 Å². The van der Waals surface area contributed by atoms with Crippen molar-refractivity contribution in [2.24, 2.45) is 0 Å². The molecular weight excluding hydrogens is 196 g/mol. The van der Waals surface area contributed by atoms with E-state index >= 15 is 0 Å². The van der Waals surface area contributed by atoms with Gasteiger partial charge in [0.15, 0.2) is 11.6 Å². The highest BCUT2D eigenvalue weighted by Crippen LogP contribution is 2.35. The summed E-state index contributed by atoms with van der Waals surface area (Å²) in [6, 6.07) is 4.50. The maximum absolute atomic E-state index is 13.1. The Morgan fingerprint density at radius 2 is 2.07 bits per heavy atom. The first-order valence-corrected chi connectivity index (χ1v) is 5.23. The SMILES string of the molecule is CC1NCCC1(C)c1ccc(F)c(F)c1. The second-order valence-electron chi connectivity index (χ2n) is 4.47. The van der Waals surface area contributed by atoms with Crippen LogP contribution in [0, 0.1) is 11.6 Å². The Morgan fingerprint density at radius 1 is 1.33 bits per heavy atom. The minimum absolute atomic E-state index is 0.0887. The van der Waals surface area contributed by atoms with Crippen molar-refractivity contribution in [3.05, 3.63) is 35.4 Å². The predicted octanol–water partition coefficient (Wildman–Crippen LogP) is 2.60. The lowest BCUT2D eigenvalue weighted by atomic mass is 9.77. The zero-order valence-electron chi connectivity index (χ0n) is 8.98. The molecule has 1 aromatic carbocycles. The molecule has 1 aliphatic rings. The van der Waals surface area contributed by atoms with Gasteiger partial charge < -0.3 is 5.32 Å². The molecule has 0 amide bonds. The lowest BCUT2D eigenvalue weighted by molar-refractivity contribution is 0.420. The summed E-state index contributed by atoms with van der Waals surface area (Å²) in [5.74, 6) is -1.53. The molecule has 1 aromatic rings.